The number of nitrogens with one attached hydrogen (secondary N) is 2. The molecule has 4 fully saturated rings. The Morgan fingerprint density at radius 3 is 1.30 bits per heavy atom. The van der Waals surface area contributed by atoms with Gasteiger partial charge in [-0.2, -0.15) is 0 Å². The summed E-state index contributed by atoms with van der Waals surface area (Å²) in [5.41, 5.74) is 12.1. The van der Waals surface area contributed by atoms with Gasteiger partial charge in [-0.3, -0.25) is 39.4 Å². The zero-order chi connectivity index (χ0) is 63.0. The van der Waals surface area contributed by atoms with Crippen LogP contribution in [0.15, 0.2) is 126 Å². The van der Waals surface area contributed by atoms with Crippen molar-refractivity contribution >= 4 is 70.3 Å². The highest BCUT2D eigenvalue weighted by molar-refractivity contribution is 6.40. The lowest BCUT2D eigenvalue weighted by molar-refractivity contribution is -0.121. The first-order chi connectivity index (χ1) is 43.6. The van der Waals surface area contributed by atoms with E-state index >= 15 is 0 Å². The predicted molar refractivity (Wildman–Crippen MR) is 348 cm³/mol. The minimum Gasteiger partial charge on any atom is -0.481 e. The van der Waals surface area contributed by atoms with Gasteiger partial charge in [0.05, 0.1) is 99.7 Å². The average Bonchev–Trinajstić information content (AvgIpc) is 1.32. The van der Waals surface area contributed by atoms with Crippen molar-refractivity contribution in [1.29, 1.82) is 0 Å². The molecule has 2 amide bonds. The van der Waals surface area contributed by atoms with E-state index in [4.69, 9.17) is 75.6 Å². The molecule has 0 saturated carbocycles. The summed E-state index contributed by atoms with van der Waals surface area (Å²) in [5, 5.41) is 29.2. The molecule has 0 unspecified atom stereocenters. The van der Waals surface area contributed by atoms with Crippen LogP contribution < -0.4 is 24.8 Å². The third kappa shape index (κ3) is 12.1. The zero-order valence-electron chi connectivity index (χ0n) is 49.8. The van der Waals surface area contributed by atoms with Crippen molar-refractivity contribution in [2.24, 2.45) is 4.99 Å². The van der Waals surface area contributed by atoms with Crippen LogP contribution in [0.2, 0.25) is 20.1 Å². The standard InChI is InChI=1S/C35H34Cl2N6O5.C33H30Cl2N4O3/c1-47-33-20(16-42-18-35(19-42)14-13-29(45)41-35)9-11-27(39-33)24-7-3-5-22(30(24)36)23-6-4-8-25(31(23)37)28-12-10-26(34(40-28)48-2)32-38-15-21(17-44)43(32)46;1-3-26-21(17-40)11-13-27(36-26)24-8-4-6-22(30(24)34)23-7-5-9-25(31(23)35)28-12-10-20(32(37-28)42-2)16-39-18-33(19-39)15-14-29(41)38-33/h3-12,21,44,46H,13-19H2,1-2H3,(H,41,45);4-13,17H,3,14-16,18-19H2,1-2H3,(H,38,41)/t21-;/m0./s1. The third-order valence-electron chi connectivity index (χ3n) is 17.3. The molecule has 18 nitrogen and oxygen atoms in total. The van der Waals surface area contributed by atoms with Gasteiger partial charge in [0.15, 0.2) is 12.1 Å². The van der Waals surface area contributed by atoms with Crippen molar-refractivity contribution in [3.05, 3.63) is 169 Å². The number of rotatable bonds is 17. The molecule has 5 aliphatic heterocycles. The highest BCUT2D eigenvalue weighted by Gasteiger charge is 2.48. The molecule has 462 valence electrons. The minimum atomic E-state index is -0.522. The van der Waals surface area contributed by atoms with Gasteiger partial charge in [-0.1, -0.05) is 138 Å². The molecule has 0 radical (unpaired) electrons. The summed E-state index contributed by atoms with van der Waals surface area (Å²) in [6.45, 7) is 6.62. The molecule has 4 aromatic heterocycles. The monoisotopic (exact) mass is 1290 g/mol. The molecule has 2 spiro atoms. The summed E-state index contributed by atoms with van der Waals surface area (Å²) in [6.07, 6.45) is 4.43. The molecule has 0 bridgehead atoms. The number of amides is 2. The van der Waals surface area contributed by atoms with Gasteiger partial charge < -0.3 is 30.0 Å². The topological polar surface area (TPSA) is 217 Å². The lowest BCUT2D eigenvalue weighted by atomic mass is 9.88. The highest BCUT2D eigenvalue weighted by Crippen LogP contribution is 2.45. The first kappa shape index (κ1) is 62.2. The second-order valence-corrected chi connectivity index (χ2v) is 24.7. The average molecular weight is 1290 g/mol. The van der Waals surface area contributed by atoms with E-state index in [2.05, 4.69) is 30.4 Å². The maximum absolute atomic E-state index is 11.7. The van der Waals surface area contributed by atoms with Gasteiger partial charge in [0, 0.05) is 113 Å². The van der Waals surface area contributed by atoms with Crippen LogP contribution in [0.4, 0.5) is 0 Å². The lowest BCUT2D eigenvalue weighted by Gasteiger charge is -2.48. The Kier molecular flexibility index (Phi) is 18.0. The summed E-state index contributed by atoms with van der Waals surface area (Å²) in [6, 6.07) is 37.5. The number of nitrogens with zero attached hydrogens (tertiary/aromatic N) is 8. The summed E-state index contributed by atoms with van der Waals surface area (Å²) < 4.78 is 17.0. The van der Waals surface area contributed by atoms with E-state index in [1.807, 2.05) is 110 Å². The smallest absolute Gasteiger partial charge is 0.224 e. The minimum absolute atomic E-state index is 0.0719. The number of ether oxygens (including phenoxy) is 3. The van der Waals surface area contributed by atoms with Crippen molar-refractivity contribution in [2.45, 2.75) is 69.2 Å². The molecule has 4 aromatic carbocycles. The molecular formula is C68H64Cl4N10O8. The number of amidine groups is 1. The summed E-state index contributed by atoms with van der Waals surface area (Å²) in [4.78, 5) is 62.8. The summed E-state index contributed by atoms with van der Waals surface area (Å²) in [7, 11) is 4.72. The molecule has 22 heteroatoms. The quantitative estimate of drug-likeness (QED) is 0.0624. The molecule has 90 heavy (non-hydrogen) atoms. The van der Waals surface area contributed by atoms with Crippen molar-refractivity contribution < 1.29 is 38.9 Å². The zero-order valence-corrected chi connectivity index (χ0v) is 52.9. The molecule has 9 heterocycles. The Hall–Kier alpha value is -8.04. The molecule has 1 atom stereocenters. The summed E-state index contributed by atoms with van der Waals surface area (Å²) in [5.74, 6) is 1.87. The van der Waals surface area contributed by atoms with Crippen molar-refractivity contribution in [2.75, 3.05) is 60.7 Å². The van der Waals surface area contributed by atoms with Crippen LogP contribution in [0.1, 0.15) is 65.3 Å². The Morgan fingerprint density at radius 1 is 0.544 bits per heavy atom. The fraction of sp³-hybridized carbons (Fsp3) is 0.294. The number of methoxy groups -OCH3 is 3. The van der Waals surface area contributed by atoms with Gasteiger partial charge >= 0.3 is 0 Å². The fourth-order valence-electron chi connectivity index (χ4n) is 12.8. The van der Waals surface area contributed by atoms with E-state index in [0.29, 0.717) is 109 Å². The molecule has 4 N–H and O–H groups in total. The SMILES string of the molecule is CCc1nc(-c2cccc(-c3cccc(-c4ccc(CN5CC6(CCC(=O)N6)C5)c(OC)n4)c3Cl)c2Cl)ccc1C=O.COc1nc(-c2cccc(-c3cccc(-c4ccc(C5=NC[C@@H](CO)N5O)c(OC)n4)c3Cl)c2Cl)ccc1CN1CC2(CCC(=O)N2)C1. The van der Waals surface area contributed by atoms with Gasteiger partial charge in [0.25, 0.3) is 0 Å². The van der Waals surface area contributed by atoms with Crippen molar-refractivity contribution in [3.63, 3.8) is 0 Å². The van der Waals surface area contributed by atoms with Crippen LogP contribution in [-0.2, 0) is 29.1 Å². The number of aliphatic hydroxyl groups is 1. The van der Waals surface area contributed by atoms with Crippen LogP contribution in [0.5, 0.6) is 17.6 Å². The van der Waals surface area contributed by atoms with Crippen molar-refractivity contribution in [1.82, 2.24) is 45.4 Å². The van der Waals surface area contributed by atoms with Crippen LogP contribution >= 0.6 is 46.4 Å². The molecular weight excluding hydrogens is 1230 g/mol. The second kappa shape index (κ2) is 26.1. The third-order valence-corrected chi connectivity index (χ3v) is 18.9. The number of halogens is 4. The van der Waals surface area contributed by atoms with E-state index in [1.165, 1.54) is 7.11 Å². The van der Waals surface area contributed by atoms with Gasteiger partial charge in [-0.05, 0) is 55.7 Å². The molecule has 8 aromatic rings. The number of likely N-dealkylation sites (tertiary alicyclic amines) is 2. The maximum atomic E-state index is 11.7. The largest absolute Gasteiger partial charge is 0.481 e. The van der Waals surface area contributed by atoms with Crippen LogP contribution in [0, 0.1) is 0 Å². The number of carbonyl (C=O) groups excluding carboxylic acids is 3. The van der Waals surface area contributed by atoms with Crippen molar-refractivity contribution in [3.8, 4) is 84.9 Å². The number of aliphatic imine (C=N–C) groups is 1. The number of hydrogen-bond acceptors (Lipinski definition) is 16. The maximum Gasteiger partial charge on any atom is 0.224 e. The second-order valence-electron chi connectivity index (χ2n) is 23.1. The van der Waals surface area contributed by atoms with E-state index in [-0.39, 0.29) is 47.8 Å². The Balaban J connectivity index is 0.000000176. The number of pyridine rings is 4. The number of carbonyl (C=O) groups is 3. The van der Waals surface area contributed by atoms with Crippen LogP contribution in [0.3, 0.4) is 0 Å². The Labute approximate surface area is 540 Å². The number of aldehydes is 1. The van der Waals surface area contributed by atoms with Gasteiger partial charge in [-0.15, -0.1) is 0 Å². The molecule has 0 aliphatic carbocycles. The van der Waals surface area contributed by atoms with Gasteiger partial charge in [0.1, 0.15) is 6.04 Å². The number of hydroxylamine groups is 2. The molecule has 5 aliphatic rings. The van der Waals surface area contributed by atoms with E-state index in [9.17, 15) is 24.7 Å². The fourth-order valence-corrected chi connectivity index (χ4v) is 14.1. The number of aliphatic hydroxyl groups excluding tert-OH is 1. The lowest BCUT2D eigenvalue weighted by Crippen LogP contribution is -2.66. The van der Waals surface area contributed by atoms with Crippen LogP contribution in [0.25, 0.3) is 67.3 Å². The van der Waals surface area contributed by atoms with Gasteiger partial charge in [0.2, 0.25) is 29.5 Å². The van der Waals surface area contributed by atoms with Gasteiger partial charge in [-0.25, -0.2) is 20.0 Å². The number of aromatic nitrogens is 4. The first-order valence-corrected chi connectivity index (χ1v) is 31.0. The highest BCUT2D eigenvalue weighted by atomic mass is 35.5. The first-order valence-electron chi connectivity index (χ1n) is 29.5. The number of hydrogen-bond donors (Lipinski definition) is 4. The molecule has 4 saturated heterocycles. The van der Waals surface area contributed by atoms with Crippen LogP contribution in [-0.4, -0.2) is 147 Å². The Morgan fingerprint density at radius 2 is 0.933 bits per heavy atom. The molecule has 13 rings (SSSR count). The Bertz CT molecular complexity index is 4160. The van der Waals surface area contributed by atoms with E-state index < -0.39 is 6.04 Å². The van der Waals surface area contributed by atoms with E-state index in [1.54, 1.807) is 32.4 Å². The predicted octanol–water partition coefficient (Wildman–Crippen LogP) is 11.7. The van der Waals surface area contributed by atoms with E-state index in [0.717, 1.165) is 101 Å². The summed E-state index contributed by atoms with van der Waals surface area (Å²) >= 11 is 28.1. The normalized spacial score (nSPS) is 17.3. The number of benzene rings is 4. The number of aryl methyl sites for hydroxylation is 1.